The molecule has 6 heteroatoms. The number of aromatic nitrogens is 1. The second-order valence-electron chi connectivity index (χ2n) is 7.50. The minimum Gasteiger partial charge on any atom is -0.379 e. The number of hydrogen-bond donors (Lipinski definition) is 1. The third-order valence-corrected chi connectivity index (χ3v) is 6.19. The molecule has 156 valence electrons. The fourth-order valence-corrected chi connectivity index (χ4v) is 4.31. The minimum absolute atomic E-state index is 0.0445. The maximum Gasteiger partial charge on any atom is 0.230 e. The van der Waals surface area contributed by atoms with E-state index < -0.39 is 0 Å². The van der Waals surface area contributed by atoms with Crippen molar-refractivity contribution in [3.8, 4) is 10.6 Å². The van der Waals surface area contributed by atoms with Crippen molar-refractivity contribution in [3.63, 3.8) is 0 Å². The predicted octanol–water partition coefficient (Wildman–Crippen LogP) is 4.39. The van der Waals surface area contributed by atoms with Crippen molar-refractivity contribution in [1.29, 1.82) is 0 Å². The molecule has 3 aromatic rings. The van der Waals surface area contributed by atoms with Crippen LogP contribution in [-0.2, 0) is 28.9 Å². The zero-order valence-corrected chi connectivity index (χ0v) is 18.1. The molecule has 0 atom stereocenters. The maximum absolute atomic E-state index is 12.4. The molecule has 1 saturated heterocycles. The van der Waals surface area contributed by atoms with Crippen molar-refractivity contribution in [1.82, 2.24) is 9.88 Å². The number of aryl methyl sites for hydroxylation is 1. The Balaban J connectivity index is 1.33. The van der Waals surface area contributed by atoms with Gasteiger partial charge in [-0.1, -0.05) is 43.3 Å². The van der Waals surface area contributed by atoms with Gasteiger partial charge in [-0.15, -0.1) is 11.3 Å². The normalized spacial score (nSPS) is 14.6. The molecule has 0 unspecified atom stereocenters. The first-order valence-electron chi connectivity index (χ1n) is 10.4. The Labute approximate surface area is 181 Å². The summed E-state index contributed by atoms with van der Waals surface area (Å²) < 4.78 is 5.41. The van der Waals surface area contributed by atoms with Crippen LogP contribution in [0.25, 0.3) is 10.6 Å². The van der Waals surface area contributed by atoms with Crippen LogP contribution in [0.1, 0.15) is 23.7 Å². The molecule has 2 heterocycles. The fourth-order valence-electron chi connectivity index (χ4n) is 3.48. The number of nitrogens with one attached hydrogen (secondary N) is 1. The number of thiazole rings is 1. The van der Waals surface area contributed by atoms with Gasteiger partial charge in [0, 0.05) is 36.3 Å². The summed E-state index contributed by atoms with van der Waals surface area (Å²) in [5.41, 5.74) is 5.27. The quantitative estimate of drug-likeness (QED) is 0.615. The molecule has 0 bridgehead atoms. The summed E-state index contributed by atoms with van der Waals surface area (Å²) in [6.07, 6.45) is 1.27. The molecule has 1 N–H and O–H groups in total. The number of amides is 1. The first-order chi connectivity index (χ1) is 14.7. The van der Waals surface area contributed by atoms with Gasteiger partial charge >= 0.3 is 0 Å². The Hall–Kier alpha value is -2.54. The third kappa shape index (κ3) is 5.53. The van der Waals surface area contributed by atoms with Gasteiger partial charge in [0.25, 0.3) is 0 Å². The topological polar surface area (TPSA) is 54.5 Å². The van der Waals surface area contributed by atoms with Crippen LogP contribution in [0.4, 0.5) is 5.69 Å². The number of benzene rings is 2. The van der Waals surface area contributed by atoms with E-state index in [1.54, 1.807) is 11.3 Å². The Kier molecular flexibility index (Phi) is 6.89. The lowest BCUT2D eigenvalue weighted by atomic mass is 10.1. The molecule has 1 amide bonds. The van der Waals surface area contributed by atoms with E-state index >= 15 is 0 Å². The van der Waals surface area contributed by atoms with Crippen molar-refractivity contribution >= 4 is 22.9 Å². The van der Waals surface area contributed by atoms with Crippen LogP contribution in [0.5, 0.6) is 0 Å². The van der Waals surface area contributed by atoms with Crippen LogP contribution in [0.2, 0.25) is 0 Å². The smallest absolute Gasteiger partial charge is 0.230 e. The van der Waals surface area contributed by atoms with Crippen molar-refractivity contribution in [2.45, 2.75) is 26.3 Å². The number of hydrogen-bond acceptors (Lipinski definition) is 5. The molecule has 0 aliphatic carbocycles. The molecule has 1 aliphatic rings. The van der Waals surface area contributed by atoms with Gasteiger partial charge < -0.3 is 10.1 Å². The average Bonchev–Trinajstić information content (AvgIpc) is 3.24. The number of nitrogens with zero attached hydrogens (tertiary/aromatic N) is 2. The Bertz CT molecular complexity index is 961. The largest absolute Gasteiger partial charge is 0.379 e. The van der Waals surface area contributed by atoms with E-state index in [0.29, 0.717) is 0 Å². The number of morpholine rings is 1. The number of ether oxygens (including phenoxy) is 1. The van der Waals surface area contributed by atoms with E-state index in [9.17, 15) is 4.79 Å². The Morgan fingerprint density at radius 1 is 1.07 bits per heavy atom. The number of carbonyl (C=O) groups excluding carboxylic acids is 1. The highest BCUT2D eigenvalue weighted by Gasteiger charge is 2.12. The summed E-state index contributed by atoms with van der Waals surface area (Å²) >= 11 is 1.58. The van der Waals surface area contributed by atoms with Crippen molar-refractivity contribution in [2.24, 2.45) is 0 Å². The van der Waals surface area contributed by atoms with Crippen LogP contribution in [0.3, 0.4) is 0 Å². The lowest BCUT2D eigenvalue weighted by molar-refractivity contribution is -0.115. The highest BCUT2D eigenvalue weighted by atomic mass is 32.1. The van der Waals surface area contributed by atoms with Gasteiger partial charge in [0.15, 0.2) is 0 Å². The Morgan fingerprint density at radius 2 is 1.77 bits per heavy atom. The van der Waals surface area contributed by atoms with E-state index in [1.165, 1.54) is 11.1 Å². The summed E-state index contributed by atoms with van der Waals surface area (Å²) in [5, 5.41) is 5.87. The highest BCUT2D eigenvalue weighted by molar-refractivity contribution is 7.13. The van der Waals surface area contributed by atoms with Crippen LogP contribution in [0.15, 0.2) is 53.9 Å². The van der Waals surface area contributed by atoms with Crippen LogP contribution in [-0.4, -0.2) is 42.1 Å². The lowest BCUT2D eigenvalue weighted by Crippen LogP contribution is -2.35. The number of anilines is 1. The average molecular weight is 422 g/mol. The van der Waals surface area contributed by atoms with Gasteiger partial charge in [-0.2, -0.15) is 0 Å². The third-order valence-electron chi connectivity index (χ3n) is 5.25. The molecule has 30 heavy (non-hydrogen) atoms. The van der Waals surface area contributed by atoms with E-state index in [4.69, 9.17) is 4.74 Å². The molecular weight excluding hydrogens is 394 g/mol. The molecule has 2 aromatic carbocycles. The second-order valence-corrected chi connectivity index (χ2v) is 8.36. The molecule has 1 aromatic heterocycles. The predicted molar refractivity (Wildman–Crippen MR) is 122 cm³/mol. The molecule has 0 saturated carbocycles. The Morgan fingerprint density at radius 3 is 2.47 bits per heavy atom. The summed E-state index contributed by atoms with van der Waals surface area (Å²) in [6, 6.07) is 16.5. The van der Waals surface area contributed by atoms with Gasteiger partial charge in [0.1, 0.15) is 5.01 Å². The van der Waals surface area contributed by atoms with Crippen molar-refractivity contribution in [2.75, 3.05) is 31.6 Å². The van der Waals surface area contributed by atoms with Gasteiger partial charge in [-0.25, -0.2) is 4.98 Å². The molecule has 0 radical (unpaired) electrons. The van der Waals surface area contributed by atoms with Crippen LogP contribution < -0.4 is 5.32 Å². The molecule has 0 spiro atoms. The van der Waals surface area contributed by atoms with Gasteiger partial charge in [0.05, 0.1) is 25.3 Å². The summed E-state index contributed by atoms with van der Waals surface area (Å²) in [7, 11) is 0. The van der Waals surface area contributed by atoms with E-state index in [0.717, 1.165) is 61.2 Å². The first kappa shape index (κ1) is 20.7. The van der Waals surface area contributed by atoms with E-state index in [1.807, 2.05) is 29.6 Å². The molecule has 1 fully saturated rings. The molecule has 1 aliphatic heterocycles. The zero-order chi connectivity index (χ0) is 20.8. The molecule has 5 nitrogen and oxygen atoms in total. The SMILES string of the molecule is CCc1ccc(NC(=O)Cc2csc(-c3ccc(CN4CCOCC4)cc3)n2)cc1. The first-order valence-corrected chi connectivity index (χ1v) is 11.3. The molecular formula is C24H27N3O2S. The van der Waals surface area contributed by atoms with Crippen molar-refractivity contribution < 1.29 is 9.53 Å². The number of carbonyl (C=O) groups is 1. The standard InChI is InChI=1S/C24H27N3O2S/c1-2-18-5-9-21(10-6-18)25-23(28)15-22-17-30-24(26-22)20-7-3-19(4-8-20)16-27-11-13-29-14-12-27/h3-10,17H,2,11-16H2,1H3,(H,25,28). The summed E-state index contributed by atoms with van der Waals surface area (Å²) in [4.78, 5) is 19.4. The van der Waals surface area contributed by atoms with Crippen LogP contribution >= 0.6 is 11.3 Å². The maximum atomic E-state index is 12.4. The summed E-state index contributed by atoms with van der Waals surface area (Å²) in [6.45, 7) is 6.68. The second kappa shape index (κ2) is 9.98. The number of rotatable bonds is 7. The van der Waals surface area contributed by atoms with E-state index in [-0.39, 0.29) is 12.3 Å². The van der Waals surface area contributed by atoms with Gasteiger partial charge in [0.2, 0.25) is 5.91 Å². The zero-order valence-electron chi connectivity index (χ0n) is 17.3. The fraction of sp³-hybridized carbons (Fsp3) is 0.333. The summed E-state index contributed by atoms with van der Waals surface area (Å²) in [5.74, 6) is -0.0445. The lowest BCUT2D eigenvalue weighted by Gasteiger charge is -2.26. The van der Waals surface area contributed by atoms with E-state index in [2.05, 4.69) is 46.4 Å². The van der Waals surface area contributed by atoms with Crippen molar-refractivity contribution in [3.05, 3.63) is 70.7 Å². The highest BCUT2D eigenvalue weighted by Crippen LogP contribution is 2.25. The molecule has 4 rings (SSSR count). The van der Waals surface area contributed by atoms with Gasteiger partial charge in [-0.05, 0) is 29.7 Å². The monoisotopic (exact) mass is 421 g/mol. The minimum atomic E-state index is -0.0445. The van der Waals surface area contributed by atoms with Gasteiger partial charge in [-0.3, -0.25) is 9.69 Å². The van der Waals surface area contributed by atoms with Crippen LogP contribution in [0, 0.1) is 0 Å².